The Bertz CT molecular complexity index is 868. The van der Waals surface area contributed by atoms with E-state index >= 15 is 0 Å². The second-order valence-corrected chi connectivity index (χ2v) is 8.55. The number of esters is 1. The van der Waals surface area contributed by atoms with Crippen molar-refractivity contribution in [1.82, 2.24) is 10.6 Å². The molecule has 0 aromatic heterocycles. The van der Waals surface area contributed by atoms with E-state index in [-0.39, 0.29) is 11.6 Å². The maximum absolute atomic E-state index is 12.2. The van der Waals surface area contributed by atoms with Crippen molar-refractivity contribution in [3.05, 3.63) is 29.3 Å². The Kier molecular flexibility index (Phi) is 7.00. The van der Waals surface area contributed by atoms with Crippen molar-refractivity contribution >= 4 is 33.6 Å². The molecule has 10 heteroatoms. The lowest BCUT2D eigenvalue weighted by Crippen LogP contribution is -2.41. The van der Waals surface area contributed by atoms with Gasteiger partial charge in [-0.15, -0.1) is 0 Å². The number of carbonyl (C=O) groups excluding carboxylic acids is 3. The van der Waals surface area contributed by atoms with Crippen molar-refractivity contribution in [2.75, 3.05) is 23.7 Å². The van der Waals surface area contributed by atoms with Gasteiger partial charge in [0.15, 0.2) is 6.61 Å². The third kappa shape index (κ3) is 5.44. The van der Waals surface area contributed by atoms with E-state index in [1.54, 1.807) is 19.1 Å². The molecule has 0 unspecified atom stereocenters. The Morgan fingerprint density at radius 2 is 2.00 bits per heavy atom. The topological polar surface area (TPSA) is 122 Å². The molecule has 3 amide bonds. The third-order valence-corrected chi connectivity index (χ3v) is 5.50. The van der Waals surface area contributed by atoms with Crippen molar-refractivity contribution in [2.45, 2.75) is 39.2 Å². The lowest BCUT2D eigenvalue weighted by molar-refractivity contribution is -0.123. The highest BCUT2D eigenvalue weighted by Gasteiger charge is 2.32. The molecule has 0 radical (unpaired) electrons. The molecule has 1 aromatic carbocycles. The van der Waals surface area contributed by atoms with Crippen molar-refractivity contribution in [2.24, 2.45) is 0 Å². The Morgan fingerprint density at radius 3 is 2.64 bits per heavy atom. The molecule has 0 saturated carbocycles. The summed E-state index contributed by atoms with van der Waals surface area (Å²) in [5.74, 6) is -1.46. The van der Waals surface area contributed by atoms with Gasteiger partial charge in [0.1, 0.15) is 0 Å². The molecule has 1 aliphatic rings. The third-order valence-electron chi connectivity index (χ3n) is 4.23. The minimum absolute atomic E-state index is 0.210. The Balaban J connectivity index is 1.93. The summed E-state index contributed by atoms with van der Waals surface area (Å²) in [7, 11) is -3.41. The summed E-state index contributed by atoms with van der Waals surface area (Å²) < 4.78 is 30.1. The summed E-state index contributed by atoms with van der Waals surface area (Å²) in [5, 5.41) is 4.59. The minimum atomic E-state index is -3.41. The van der Waals surface area contributed by atoms with Gasteiger partial charge in [0.25, 0.3) is 5.91 Å². The van der Waals surface area contributed by atoms with E-state index in [0.29, 0.717) is 24.2 Å². The molecule has 0 bridgehead atoms. The predicted octanol–water partition coefficient (Wildman–Crippen LogP) is 1.18. The van der Waals surface area contributed by atoms with Crippen LogP contribution in [0.25, 0.3) is 0 Å². The number of anilines is 1. The summed E-state index contributed by atoms with van der Waals surface area (Å²) in [6.45, 7) is 3.62. The molecule has 0 spiro atoms. The van der Waals surface area contributed by atoms with E-state index < -0.39 is 34.5 Å². The molecular formula is C18H25N3O6S. The zero-order valence-corrected chi connectivity index (χ0v) is 17.0. The van der Waals surface area contributed by atoms with Crippen molar-refractivity contribution in [1.29, 1.82) is 0 Å². The highest BCUT2D eigenvalue weighted by atomic mass is 32.2. The molecular weight excluding hydrogens is 386 g/mol. The van der Waals surface area contributed by atoms with E-state index in [2.05, 4.69) is 10.6 Å². The van der Waals surface area contributed by atoms with Crippen LogP contribution < -0.4 is 14.9 Å². The molecule has 154 valence electrons. The zero-order chi connectivity index (χ0) is 20.9. The number of rotatable bonds is 7. The summed E-state index contributed by atoms with van der Waals surface area (Å²) >= 11 is 0. The molecule has 2 N–H and O–H groups in total. The van der Waals surface area contributed by atoms with Gasteiger partial charge in [-0.2, -0.15) is 0 Å². The summed E-state index contributed by atoms with van der Waals surface area (Å²) in [4.78, 5) is 35.3. The second-order valence-electron chi connectivity index (χ2n) is 6.69. The van der Waals surface area contributed by atoms with Gasteiger partial charge in [0.05, 0.1) is 17.5 Å². The molecule has 0 aliphatic carbocycles. The SMILES string of the molecule is CCCCNC(=O)NC(=O)COC(=O)c1ccc2c(c1)C[C@H](C)N2S(C)(=O)=O. The number of carbonyl (C=O) groups is 3. The molecule has 0 fully saturated rings. The fourth-order valence-electron chi connectivity index (χ4n) is 3.04. The predicted molar refractivity (Wildman–Crippen MR) is 104 cm³/mol. The first kappa shape index (κ1) is 21.7. The number of urea groups is 1. The highest BCUT2D eigenvalue weighted by Crippen LogP contribution is 2.34. The normalized spacial score (nSPS) is 15.7. The maximum Gasteiger partial charge on any atom is 0.338 e. The minimum Gasteiger partial charge on any atom is -0.452 e. The fraction of sp³-hybridized carbons (Fsp3) is 0.500. The number of benzene rings is 1. The van der Waals surface area contributed by atoms with E-state index in [9.17, 15) is 22.8 Å². The first-order chi connectivity index (χ1) is 13.1. The van der Waals surface area contributed by atoms with Gasteiger partial charge in [0.2, 0.25) is 10.0 Å². The van der Waals surface area contributed by atoms with E-state index in [1.807, 2.05) is 6.92 Å². The van der Waals surface area contributed by atoms with Gasteiger partial charge in [-0.3, -0.25) is 14.4 Å². The molecule has 28 heavy (non-hydrogen) atoms. The summed E-state index contributed by atoms with van der Waals surface area (Å²) in [6.07, 6.45) is 3.32. The van der Waals surface area contributed by atoms with Gasteiger partial charge in [-0.1, -0.05) is 13.3 Å². The number of hydrogen-bond donors (Lipinski definition) is 2. The number of nitrogens with one attached hydrogen (secondary N) is 2. The number of imide groups is 1. The highest BCUT2D eigenvalue weighted by molar-refractivity contribution is 7.92. The number of amides is 3. The van der Waals surface area contributed by atoms with Gasteiger partial charge < -0.3 is 10.1 Å². The lowest BCUT2D eigenvalue weighted by Gasteiger charge is -2.21. The number of unbranched alkanes of at least 4 members (excludes halogenated alkanes) is 1. The Morgan fingerprint density at radius 1 is 1.29 bits per heavy atom. The van der Waals surface area contributed by atoms with Crippen LogP contribution in [0.15, 0.2) is 18.2 Å². The first-order valence-corrected chi connectivity index (χ1v) is 10.9. The van der Waals surface area contributed by atoms with E-state index in [1.165, 1.54) is 10.4 Å². The maximum atomic E-state index is 12.2. The molecule has 1 aliphatic heterocycles. The molecule has 9 nitrogen and oxygen atoms in total. The molecule has 0 saturated heterocycles. The van der Waals surface area contributed by atoms with Crippen LogP contribution in [0, 0.1) is 0 Å². The van der Waals surface area contributed by atoms with Crippen LogP contribution in [-0.2, 0) is 26.0 Å². The van der Waals surface area contributed by atoms with Crippen LogP contribution in [-0.4, -0.2) is 51.8 Å². The number of nitrogens with zero attached hydrogens (tertiary/aromatic N) is 1. The van der Waals surface area contributed by atoms with Crippen LogP contribution in [0.2, 0.25) is 0 Å². The van der Waals surface area contributed by atoms with E-state index in [0.717, 1.165) is 19.1 Å². The Labute approximate surface area is 164 Å². The first-order valence-electron chi connectivity index (χ1n) is 9.00. The van der Waals surface area contributed by atoms with Gasteiger partial charge >= 0.3 is 12.0 Å². The van der Waals surface area contributed by atoms with Crippen molar-refractivity contribution in [3.8, 4) is 0 Å². The average molecular weight is 411 g/mol. The number of hydrogen-bond acceptors (Lipinski definition) is 6. The quantitative estimate of drug-likeness (QED) is 0.513. The van der Waals surface area contributed by atoms with Crippen molar-refractivity contribution in [3.63, 3.8) is 0 Å². The fourth-order valence-corrected chi connectivity index (χ4v) is 4.30. The van der Waals surface area contributed by atoms with Crippen LogP contribution >= 0.6 is 0 Å². The monoisotopic (exact) mass is 411 g/mol. The summed E-state index contributed by atoms with van der Waals surface area (Å²) in [6, 6.07) is 3.69. The average Bonchev–Trinajstić information content (AvgIpc) is 2.94. The van der Waals surface area contributed by atoms with Crippen molar-refractivity contribution < 1.29 is 27.5 Å². The standard InChI is InChI=1S/C18H25N3O6S/c1-4-5-8-19-18(24)20-16(22)11-27-17(23)13-6-7-15-14(10-13)9-12(2)21(15)28(3,25)26/h6-7,10,12H,4-5,8-9,11H2,1-3H3,(H2,19,20,22,24)/t12-/m0/s1. The molecule has 1 aromatic rings. The van der Waals surface area contributed by atoms with Crippen LogP contribution in [0.1, 0.15) is 42.6 Å². The smallest absolute Gasteiger partial charge is 0.338 e. The molecule has 1 heterocycles. The number of sulfonamides is 1. The zero-order valence-electron chi connectivity index (χ0n) is 16.1. The van der Waals surface area contributed by atoms with Crippen LogP contribution in [0.3, 0.4) is 0 Å². The molecule has 2 rings (SSSR count). The lowest BCUT2D eigenvalue weighted by atomic mass is 10.1. The number of ether oxygens (including phenoxy) is 1. The molecule has 1 atom stereocenters. The second kappa shape index (κ2) is 9.05. The van der Waals surface area contributed by atoms with Gasteiger partial charge in [0, 0.05) is 12.6 Å². The Hall–Kier alpha value is -2.62. The van der Waals surface area contributed by atoms with Gasteiger partial charge in [-0.05, 0) is 43.5 Å². The van der Waals surface area contributed by atoms with Crippen LogP contribution in [0.5, 0.6) is 0 Å². The number of fused-ring (bicyclic) bond motifs is 1. The van der Waals surface area contributed by atoms with E-state index in [4.69, 9.17) is 4.74 Å². The van der Waals surface area contributed by atoms with Crippen LogP contribution in [0.4, 0.5) is 10.5 Å². The largest absolute Gasteiger partial charge is 0.452 e. The summed E-state index contributed by atoms with van der Waals surface area (Å²) in [5.41, 5.74) is 1.46. The van der Waals surface area contributed by atoms with Gasteiger partial charge in [-0.25, -0.2) is 18.0 Å².